The molecule has 0 spiro atoms. The van der Waals surface area contributed by atoms with E-state index >= 15 is 0 Å². The zero-order valence-electron chi connectivity index (χ0n) is 16.3. The third-order valence-corrected chi connectivity index (χ3v) is 4.20. The highest BCUT2D eigenvalue weighted by atomic mass is 16.2. The fourth-order valence-corrected chi connectivity index (χ4v) is 2.43. The molecule has 2 aromatic rings. The van der Waals surface area contributed by atoms with Gasteiger partial charge in [0.2, 0.25) is 11.8 Å². The highest BCUT2D eigenvalue weighted by Gasteiger charge is 2.21. The molecule has 0 aliphatic heterocycles. The first kappa shape index (κ1) is 19.7. The Morgan fingerprint density at radius 2 is 1.58 bits per heavy atom. The van der Waals surface area contributed by atoms with Crippen LogP contribution in [0.3, 0.4) is 0 Å². The fourth-order valence-electron chi connectivity index (χ4n) is 2.43. The smallest absolute Gasteiger partial charge is 0.229 e. The summed E-state index contributed by atoms with van der Waals surface area (Å²) < 4.78 is 0. The third-order valence-electron chi connectivity index (χ3n) is 4.20. The monoisotopic (exact) mass is 352 g/mol. The molecule has 0 saturated heterocycles. The molecule has 4 heteroatoms. The molecular weight excluding hydrogens is 324 g/mol. The summed E-state index contributed by atoms with van der Waals surface area (Å²) in [5.74, 6) is -0.0491. The average molecular weight is 352 g/mol. The quantitative estimate of drug-likeness (QED) is 0.807. The first-order valence-corrected chi connectivity index (χ1v) is 8.92. The van der Waals surface area contributed by atoms with Crippen LogP contribution in [0, 0.1) is 19.3 Å². The largest absolute Gasteiger partial charge is 0.326 e. The summed E-state index contributed by atoms with van der Waals surface area (Å²) in [7, 11) is 0. The number of hydrogen-bond acceptors (Lipinski definition) is 2. The van der Waals surface area contributed by atoms with Crippen molar-refractivity contribution >= 4 is 23.2 Å². The van der Waals surface area contributed by atoms with Crippen LogP contribution < -0.4 is 10.6 Å². The maximum atomic E-state index is 12.2. The van der Waals surface area contributed by atoms with Crippen LogP contribution in [-0.4, -0.2) is 11.8 Å². The van der Waals surface area contributed by atoms with Crippen LogP contribution in [0.1, 0.15) is 43.9 Å². The van der Waals surface area contributed by atoms with Crippen molar-refractivity contribution in [3.63, 3.8) is 0 Å². The summed E-state index contributed by atoms with van der Waals surface area (Å²) in [5, 5.41) is 5.85. The van der Waals surface area contributed by atoms with E-state index < -0.39 is 5.41 Å². The molecule has 2 amide bonds. The van der Waals surface area contributed by atoms with Crippen LogP contribution in [0.4, 0.5) is 11.4 Å². The van der Waals surface area contributed by atoms with Gasteiger partial charge in [0.1, 0.15) is 0 Å². The van der Waals surface area contributed by atoms with E-state index in [0.29, 0.717) is 12.8 Å². The van der Waals surface area contributed by atoms with Crippen molar-refractivity contribution in [1.29, 1.82) is 0 Å². The lowest BCUT2D eigenvalue weighted by molar-refractivity contribution is -0.123. The molecule has 0 aliphatic rings. The molecule has 26 heavy (non-hydrogen) atoms. The first-order chi connectivity index (χ1) is 12.1. The van der Waals surface area contributed by atoms with Crippen molar-refractivity contribution in [3.8, 4) is 0 Å². The van der Waals surface area contributed by atoms with Crippen molar-refractivity contribution in [2.24, 2.45) is 5.41 Å². The van der Waals surface area contributed by atoms with Gasteiger partial charge in [-0.15, -0.1) is 0 Å². The minimum atomic E-state index is -0.449. The van der Waals surface area contributed by atoms with Gasteiger partial charge in [0.15, 0.2) is 0 Å². The molecule has 2 rings (SSSR count). The summed E-state index contributed by atoms with van der Waals surface area (Å²) in [6.07, 6.45) is 1.15. The maximum Gasteiger partial charge on any atom is 0.229 e. The van der Waals surface area contributed by atoms with Gasteiger partial charge in [0.25, 0.3) is 0 Å². The van der Waals surface area contributed by atoms with Gasteiger partial charge in [-0.2, -0.15) is 0 Å². The van der Waals surface area contributed by atoms with E-state index in [1.807, 2.05) is 52.8 Å². The second-order valence-electron chi connectivity index (χ2n) is 7.77. The summed E-state index contributed by atoms with van der Waals surface area (Å²) >= 11 is 0. The lowest BCUT2D eigenvalue weighted by Gasteiger charge is -2.19. The van der Waals surface area contributed by atoms with Crippen LogP contribution >= 0.6 is 0 Å². The van der Waals surface area contributed by atoms with Crippen molar-refractivity contribution in [1.82, 2.24) is 0 Å². The molecule has 2 N–H and O–H groups in total. The highest BCUT2D eigenvalue weighted by Crippen LogP contribution is 2.23. The van der Waals surface area contributed by atoms with Gasteiger partial charge in [0.05, 0.1) is 0 Å². The molecule has 0 unspecified atom stereocenters. The standard InChI is InChI=1S/C22H28N2O2/c1-15-6-8-17(9-7-15)10-13-20(25)23-18-11-12-19(16(2)14-18)24-21(26)22(3,4)5/h6-9,11-12,14H,10,13H2,1-5H3,(H,23,25)(H,24,26). The number of carbonyl (C=O) groups is 2. The molecule has 0 saturated carbocycles. The van der Waals surface area contributed by atoms with Gasteiger partial charge in [-0.05, 0) is 49.6 Å². The number of amides is 2. The van der Waals surface area contributed by atoms with Crippen molar-refractivity contribution in [2.45, 2.75) is 47.5 Å². The number of nitrogens with one attached hydrogen (secondary N) is 2. The molecule has 0 aromatic heterocycles. The SMILES string of the molecule is Cc1ccc(CCC(=O)Nc2ccc(NC(=O)C(C)(C)C)c(C)c2)cc1. The van der Waals surface area contributed by atoms with Gasteiger partial charge in [-0.25, -0.2) is 0 Å². The molecule has 0 atom stereocenters. The minimum absolute atomic E-state index is 0.0172. The first-order valence-electron chi connectivity index (χ1n) is 8.92. The molecule has 2 aromatic carbocycles. The Hall–Kier alpha value is -2.62. The number of carbonyl (C=O) groups excluding carboxylic acids is 2. The summed E-state index contributed by atoms with van der Waals surface area (Å²) in [4.78, 5) is 24.3. The van der Waals surface area contributed by atoms with Gasteiger partial charge in [0, 0.05) is 23.2 Å². The van der Waals surface area contributed by atoms with Crippen LogP contribution in [0.2, 0.25) is 0 Å². The molecule has 138 valence electrons. The van der Waals surface area contributed by atoms with E-state index in [1.165, 1.54) is 5.56 Å². The Labute approximate surface area is 156 Å². The summed E-state index contributed by atoms with van der Waals surface area (Å²) in [6, 6.07) is 13.7. The van der Waals surface area contributed by atoms with Crippen LogP contribution in [-0.2, 0) is 16.0 Å². The lowest BCUT2D eigenvalue weighted by Crippen LogP contribution is -2.27. The Balaban J connectivity index is 1.93. The Kier molecular flexibility index (Phi) is 6.19. The Morgan fingerprint density at radius 3 is 2.15 bits per heavy atom. The van der Waals surface area contributed by atoms with E-state index in [9.17, 15) is 9.59 Å². The molecule has 0 heterocycles. The number of rotatable bonds is 5. The summed E-state index contributed by atoms with van der Waals surface area (Å²) in [6.45, 7) is 9.59. The van der Waals surface area contributed by atoms with E-state index in [1.54, 1.807) is 0 Å². The van der Waals surface area contributed by atoms with Crippen molar-refractivity contribution in [3.05, 3.63) is 59.2 Å². The van der Waals surface area contributed by atoms with Gasteiger partial charge in [-0.3, -0.25) is 9.59 Å². The number of aryl methyl sites for hydroxylation is 3. The molecule has 0 radical (unpaired) electrons. The highest BCUT2D eigenvalue weighted by molar-refractivity contribution is 5.96. The predicted molar refractivity (Wildman–Crippen MR) is 107 cm³/mol. The van der Waals surface area contributed by atoms with Crippen molar-refractivity contribution in [2.75, 3.05) is 10.6 Å². The van der Waals surface area contributed by atoms with Gasteiger partial charge < -0.3 is 10.6 Å². The maximum absolute atomic E-state index is 12.2. The minimum Gasteiger partial charge on any atom is -0.326 e. The topological polar surface area (TPSA) is 58.2 Å². The zero-order valence-corrected chi connectivity index (χ0v) is 16.3. The molecule has 0 fully saturated rings. The Bertz CT molecular complexity index is 787. The zero-order chi connectivity index (χ0) is 19.3. The van der Waals surface area contributed by atoms with Crippen LogP contribution in [0.25, 0.3) is 0 Å². The molecule has 0 aliphatic carbocycles. The van der Waals surface area contributed by atoms with Crippen LogP contribution in [0.15, 0.2) is 42.5 Å². The van der Waals surface area contributed by atoms with Gasteiger partial charge in [-0.1, -0.05) is 50.6 Å². The van der Waals surface area contributed by atoms with E-state index in [4.69, 9.17) is 0 Å². The second-order valence-corrected chi connectivity index (χ2v) is 7.77. The molecular formula is C22H28N2O2. The average Bonchev–Trinajstić information content (AvgIpc) is 2.56. The second kappa shape index (κ2) is 8.17. The molecule has 4 nitrogen and oxygen atoms in total. The van der Waals surface area contributed by atoms with E-state index in [0.717, 1.165) is 22.5 Å². The molecule has 0 bridgehead atoms. The number of anilines is 2. The normalized spacial score (nSPS) is 11.1. The van der Waals surface area contributed by atoms with Crippen molar-refractivity contribution < 1.29 is 9.59 Å². The van der Waals surface area contributed by atoms with E-state index in [2.05, 4.69) is 34.9 Å². The fraction of sp³-hybridized carbons (Fsp3) is 0.364. The third kappa shape index (κ3) is 5.73. The number of benzene rings is 2. The van der Waals surface area contributed by atoms with E-state index in [-0.39, 0.29) is 11.8 Å². The summed E-state index contributed by atoms with van der Waals surface area (Å²) in [5.41, 5.74) is 4.34. The number of hydrogen-bond donors (Lipinski definition) is 2. The van der Waals surface area contributed by atoms with Crippen LogP contribution in [0.5, 0.6) is 0 Å². The van der Waals surface area contributed by atoms with Gasteiger partial charge >= 0.3 is 0 Å². The predicted octanol–water partition coefficient (Wildman–Crippen LogP) is 4.86. The Morgan fingerprint density at radius 1 is 0.923 bits per heavy atom. The lowest BCUT2D eigenvalue weighted by atomic mass is 9.95.